The molecule has 0 aromatic heterocycles. The monoisotopic (exact) mass is 278 g/mol. The fourth-order valence-electron chi connectivity index (χ4n) is 1.22. The lowest BCUT2D eigenvalue weighted by atomic mass is 10.2. The van der Waals surface area contributed by atoms with Crippen LogP contribution in [0.3, 0.4) is 0 Å². The second kappa shape index (κ2) is 6.65. The first kappa shape index (κ1) is 14.8. The average molecular weight is 278 g/mol. The van der Waals surface area contributed by atoms with E-state index in [0.717, 1.165) is 5.56 Å². The number of thioether (sulfide) groups is 1. The fraction of sp³-hybridized carbons (Fsp3) is 0.364. The molecule has 1 aromatic rings. The molecule has 18 heavy (non-hydrogen) atoms. The number of hydrogen-bond donors (Lipinski definition) is 2. The summed E-state index contributed by atoms with van der Waals surface area (Å²) in [5.74, 6) is -0.140. The van der Waals surface area contributed by atoms with Crippen LogP contribution in [0.25, 0.3) is 0 Å². The second-order valence-electron chi connectivity index (χ2n) is 3.47. The van der Waals surface area contributed by atoms with E-state index in [0.29, 0.717) is 6.54 Å². The summed E-state index contributed by atoms with van der Waals surface area (Å²) in [7, 11) is 1.53. The molecule has 3 nitrogen and oxygen atoms in total. The summed E-state index contributed by atoms with van der Waals surface area (Å²) in [6.45, 7) is 0.611. The van der Waals surface area contributed by atoms with Crippen LogP contribution < -0.4 is 10.6 Å². The van der Waals surface area contributed by atoms with Crippen LogP contribution in [0.2, 0.25) is 0 Å². The topological polar surface area (TPSA) is 41.1 Å². The number of rotatable bonds is 5. The lowest BCUT2D eigenvalue weighted by Gasteiger charge is -2.07. The molecule has 0 aliphatic rings. The first-order valence-corrected chi connectivity index (χ1v) is 5.98. The van der Waals surface area contributed by atoms with E-state index in [1.54, 1.807) is 12.1 Å². The Morgan fingerprint density at radius 2 is 1.89 bits per heavy atom. The Labute approximate surface area is 107 Å². The van der Waals surface area contributed by atoms with Crippen LogP contribution in [0.15, 0.2) is 29.2 Å². The van der Waals surface area contributed by atoms with Crippen molar-refractivity contribution in [3.63, 3.8) is 0 Å². The number of carbonyl (C=O) groups is 1. The first-order valence-electron chi connectivity index (χ1n) is 5.16. The largest absolute Gasteiger partial charge is 0.446 e. The zero-order valence-corrected chi connectivity index (χ0v) is 10.5. The number of hydrogen-bond acceptors (Lipinski definition) is 3. The normalized spacial score (nSPS) is 11.3. The second-order valence-corrected chi connectivity index (χ2v) is 4.61. The van der Waals surface area contributed by atoms with Gasteiger partial charge < -0.3 is 10.6 Å². The molecule has 0 radical (unpaired) electrons. The van der Waals surface area contributed by atoms with Crippen LogP contribution >= 0.6 is 11.8 Å². The van der Waals surface area contributed by atoms with Gasteiger partial charge in [-0.2, -0.15) is 13.2 Å². The lowest BCUT2D eigenvalue weighted by Crippen LogP contribution is -2.30. The van der Waals surface area contributed by atoms with Crippen molar-refractivity contribution in [3.05, 3.63) is 29.8 Å². The van der Waals surface area contributed by atoms with Gasteiger partial charge in [0.1, 0.15) is 0 Å². The maximum Gasteiger partial charge on any atom is 0.446 e. The van der Waals surface area contributed by atoms with E-state index in [9.17, 15) is 18.0 Å². The molecule has 0 saturated heterocycles. The van der Waals surface area contributed by atoms with Gasteiger partial charge in [0, 0.05) is 18.5 Å². The third-order valence-corrected chi connectivity index (χ3v) is 2.79. The van der Waals surface area contributed by atoms with Gasteiger partial charge in [-0.1, -0.05) is 12.1 Å². The Kier molecular flexibility index (Phi) is 5.49. The number of likely N-dealkylation sites (N-methyl/N-ethyl adjacent to an activating group) is 1. The van der Waals surface area contributed by atoms with Crippen LogP contribution in [-0.2, 0) is 11.3 Å². The average Bonchev–Trinajstić information content (AvgIpc) is 2.29. The number of halogens is 3. The smallest absolute Gasteiger partial charge is 0.358 e. The van der Waals surface area contributed by atoms with Crippen molar-refractivity contribution in [1.29, 1.82) is 0 Å². The molecule has 0 bridgehead atoms. The van der Waals surface area contributed by atoms with Crippen LogP contribution in [0.5, 0.6) is 0 Å². The molecular formula is C11H13F3N2OS. The maximum absolute atomic E-state index is 12.1. The third kappa shape index (κ3) is 5.92. The molecule has 0 aliphatic carbocycles. The molecule has 0 saturated carbocycles. The summed E-state index contributed by atoms with van der Waals surface area (Å²) < 4.78 is 36.2. The van der Waals surface area contributed by atoms with Gasteiger partial charge in [0.25, 0.3) is 0 Å². The highest BCUT2D eigenvalue weighted by Crippen LogP contribution is 2.36. The van der Waals surface area contributed by atoms with E-state index < -0.39 is 5.51 Å². The lowest BCUT2D eigenvalue weighted by molar-refractivity contribution is -0.119. The summed E-state index contributed by atoms with van der Waals surface area (Å²) in [6, 6.07) is 6.03. The molecule has 0 unspecified atom stereocenters. The van der Waals surface area contributed by atoms with Crippen molar-refractivity contribution in [2.45, 2.75) is 16.9 Å². The molecule has 0 atom stereocenters. The quantitative estimate of drug-likeness (QED) is 0.811. The summed E-state index contributed by atoms with van der Waals surface area (Å²) in [4.78, 5) is 11.1. The molecule has 1 aromatic carbocycles. The zero-order chi connectivity index (χ0) is 13.6. The summed E-state index contributed by atoms with van der Waals surface area (Å²) in [6.07, 6.45) is 0. The van der Waals surface area contributed by atoms with E-state index in [1.807, 2.05) is 0 Å². The van der Waals surface area contributed by atoms with Gasteiger partial charge in [-0.05, 0) is 29.5 Å². The zero-order valence-electron chi connectivity index (χ0n) is 9.67. The Morgan fingerprint density at radius 3 is 2.39 bits per heavy atom. The molecule has 0 spiro atoms. The van der Waals surface area contributed by atoms with Gasteiger partial charge in [0.15, 0.2) is 0 Å². The number of carbonyl (C=O) groups excluding carboxylic acids is 1. The van der Waals surface area contributed by atoms with Crippen molar-refractivity contribution in [3.8, 4) is 0 Å². The van der Waals surface area contributed by atoms with Crippen molar-refractivity contribution < 1.29 is 18.0 Å². The standard InChI is InChI=1S/C11H13F3N2OS/c1-15-10(17)7-16-6-8-2-4-9(5-3-8)18-11(12,13)14/h2-5,16H,6-7H2,1H3,(H,15,17). The Hall–Kier alpha value is -1.21. The molecule has 1 rings (SSSR count). The SMILES string of the molecule is CNC(=O)CNCc1ccc(SC(F)(F)F)cc1. The fourth-order valence-corrected chi connectivity index (χ4v) is 1.76. The van der Waals surface area contributed by atoms with Crippen molar-refractivity contribution in [2.75, 3.05) is 13.6 Å². The predicted octanol–water partition coefficient (Wildman–Crippen LogP) is 2.13. The molecular weight excluding hydrogens is 265 g/mol. The number of amides is 1. The first-order chi connectivity index (χ1) is 8.40. The number of benzene rings is 1. The van der Waals surface area contributed by atoms with Crippen LogP contribution in [0.1, 0.15) is 5.56 Å². The van der Waals surface area contributed by atoms with Gasteiger partial charge in [0.2, 0.25) is 5.91 Å². The summed E-state index contributed by atoms with van der Waals surface area (Å²) in [5.41, 5.74) is -3.44. The third-order valence-electron chi connectivity index (χ3n) is 2.05. The minimum Gasteiger partial charge on any atom is -0.358 e. The van der Waals surface area contributed by atoms with E-state index in [4.69, 9.17) is 0 Å². The molecule has 2 N–H and O–H groups in total. The predicted molar refractivity (Wildman–Crippen MR) is 64.1 cm³/mol. The molecule has 1 amide bonds. The van der Waals surface area contributed by atoms with Crippen molar-refractivity contribution >= 4 is 17.7 Å². The van der Waals surface area contributed by atoms with Crippen LogP contribution in [0, 0.1) is 0 Å². The van der Waals surface area contributed by atoms with Crippen molar-refractivity contribution in [2.24, 2.45) is 0 Å². The van der Waals surface area contributed by atoms with Gasteiger partial charge in [-0.25, -0.2) is 0 Å². The highest BCUT2D eigenvalue weighted by molar-refractivity contribution is 8.00. The molecule has 100 valence electrons. The van der Waals surface area contributed by atoms with E-state index >= 15 is 0 Å². The van der Waals surface area contributed by atoms with E-state index in [2.05, 4.69) is 10.6 Å². The minimum atomic E-state index is -4.26. The summed E-state index contributed by atoms with van der Waals surface area (Å²) in [5, 5.41) is 5.34. The van der Waals surface area contributed by atoms with Crippen LogP contribution in [0.4, 0.5) is 13.2 Å². The van der Waals surface area contributed by atoms with E-state index in [1.165, 1.54) is 19.2 Å². The molecule has 0 heterocycles. The molecule has 7 heteroatoms. The van der Waals surface area contributed by atoms with E-state index in [-0.39, 0.29) is 29.1 Å². The Morgan fingerprint density at radius 1 is 1.28 bits per heavy atom. The van der Waals surface area contributed by atoms with Gasteiger partial charge in [-0.3, -0.25) is 4.79 Å². The Bertz CT molecular complexity index is 392. The highest BCUT2D eigenvalue weighted by atomic mass is 32.2. The number of alkyl halides is 3. The van der Waals surface area contributed by atoms with Crippen LogP contribution in [-0.4, -0.2) is 25.0 Å². The Balaban J connectivity index is 2.43. The maximum atomic E-state index is 12.1. The number of nitrogens with one attached hydrogen (secondary N) is 2. The van der Waals surface area contributed by atoms with Gasteiger partial charge in [-0.15, -0.1) is 0 Å². The van der Waals surface area contributed by atoms with Gasteiger partial charge in [0.05, 0.1) is 6.54 Å². The molecule has 0 aliphatic heterocycles. The summed E-state index contributed by atoms with van der Waals surface area (Å²) >= 11 is -0.143. The van der Waals surface area contributed by atoms with Gasteiger partial charge >= 0.3 is 5.51 Å². The molecule has 0 fully saturated rings. The van der Waals surface area contributed by atoms with Crippen molar-refractivity contribution in [1.82, 2.24) is 10.6 Å². The minimum absolute atomic E-state index is 0.140. The highest BCUT2D eigenvalue weighted by Gasteiger charge is 2.28.